The largest absolute Gasteiger partial charge is 0.480 e. The van der Waals surface area contributed by atoms with Crippen LogP contribution in [0.4, 0.5) is 5.69 Å². The van der Waals surface area contributed by atoms with Gasteiger partial charge in [-0.2, -0.15) is 0 Å². The molecular formula is C10H12N2O3. The molecule has 0 radical (unpaired) electrons. The lowest BCUT2D eigenvalue weighted by atomic mass is 10.2. The number of carboxylic acids is 1. The maximum Gasteiger partial charge on any atom is 0.325 e. The lowest BCUT2D eigenvalue weighted by molar-refractivity contribution is -0.137. The molecule has 15 heavy (non-hydrogen) atoms. The fourth-order valence-electron chi connectivity index (χ4n) is 1.07. The van der Waals surface area contributed by atoms with Gasteiger partial charge in [0.25, 0.3) is 0 Å². The van der Waals surface area contributed by atoms with Crippen molar-refractivity contribution in [3.8, 4) is 0 Å². The van der Waals surface area contributed by atoms with Crippen molar-refractivity contribution in [1.82, 2.24) is 0 Å². The van der Waals surface area contributed by atoms with Gasteiger partial charge in [0.2, 0.25) is 5.91 Å². The monoisotopic (exact) mass is 208 g/mol. The standard InChI is InChI=1S/C10H12N2O3/c1-6(10(14)15)12-8-4-2-3-7(5-8)9(11)13/h2-6,12H,1H3,(H2,11,13)(H,14,15). The summed E-state index contributed by atoms with van der Waals surface area (Å²) >= 11 is 0. The minimum Gasteiger partial charge on any atom is -0.480 e. The second-order valence-electron chi connectivity index (χ2n) is 3.15. The Morgan fingerprint density at radius 3 is 2.67 bits per heavy atom. The molecule has 1 rings (SSSR count). The second-order valence-corrected chi connectivity index (χ2v) is 3.15. The fraction of sp³-hybridized carbons (Fsp3) is 0.200. The summed E-state index contributed by atoms with van der Waals surface area (Å²) in [6.45, 7) is 1.51. The van der Waals surface area contributed by atoms with Gasteiger partial charge in [0.05, 0.1) is 0 Å². The molecular weight excluding hydrogens is 196 g/mol. The van der Waals surface area contributed by atoms with Crippen LogP contribution in [0.3, 0.4) is 0 Å². The molecule has 0 aliphatic rings. The highest BCUT2D eigenvalue weighted by Gasteiger charge is 2.10. The Hall–Kier alpha value is -2.04. The van der Waals surface area contributed by atoms with Crippen LogP contribution < -0.4 is 11.1 Å². The summed E-state index contributed by atoms with van der Waals surface area (Å²) in [7, 11) is 0. The lowest BCUT2D eigenvalue weighted by Gasteiger charge is -2.10. The van der Waals surface area contributed by atoms with Crippen LogP contribution in [-0.4, -0.2) is 23.0 Å². The average molecular weight is 208 g/mol. The van der Waals surface area contributed by atoms with Crippen molar-refractivity contribution < 1.29 is 14.7 Å². The quantitative estimate of drug-likeness (QED) is 0.678. The van der Waals surface area contributed by atoms with Crippen molar-refractivity contribution in [1.29, 1.82) is 0 Å². The van der Waals surface area contributed by atoms with E-state index >= 15 is 0 Å². The summed E-state index contributed by atoms with van der Waals surface area (Å²) in [6.07, 6.45) is 0. The number of rotatable bonds is 4. The smallest absolute Gasteiger partial charge is 0.325 e. The van der Waals surface area contributed by atoms with Gasteiger partial charge in [-0.15, -0.1) is 0 Å². The first-order valence-electron chi connectivity index (χ1n) is 4.40. The summed E-state index contributed by atoms with van der Waals surface area (Å²) < 4.78 is 0. The summed E-state index contributed by atoms with van der Waals surface area (Å²) in [5, 5.41) is 11.4. The number of carbonyl (C=O) groups excluding carboxylic acids is 1. The maximum atomic E-state index is 10.9. The van der Waals surface area contributed by atoms with Crippen molar-refractivity contribution in [3.63, 3.8) is 0 Å². The first-order valence-corrected chi connectivity index (χ1v) is 4.40. The summed E-state index contributed by atoms with van der Waals surface area (Å²) in [5.74, 6) is -1.50. The molecule has 0 heterocycles. The van der Waals surface area contributed by atoms with Crippen molar-refractivity contribution in [2.45, 2.75) is 13.0 Å². The molecule has 1 aromatic carbocycles. The van der Waals surface area contributed by atoms with E-state index in [0.29, 0.717) is 11.3 Å². The van der Waals surface area contributed by atoms with Gasteiger partial charge in [0.1, 0.15) is 6.04 Å². The Morgan fingerprint density at radius 2 is 2.13 bits per heavy atom. The van der Waals surface area contributed by atoms with E-state index in [0.717, 1.165) is 0 Å². The number of nitrogens with two attached hydrogens (primary N) is 1. The number of carbonyl (C=O) groups is 2. The minimum atomic E-state index is -0.959. The molecule has 1 aromatic rings. The third-order valence-electron chi connectivity index (χ3n) is 1.90. The van der Waals surface area contributed by atoms with Crippen LogP contribution in [0.1, 0.15) is 17.3 Å². The first kappa shape index (κ1) is 11.0. The van der Waals surface area contributed by atoms with Crippen molar-refractivity contribution in [3.05, 3.63) is 29.8 Å². The highest BCUT2D eigenvalue weighted by atomic mass is 16.4. The molecule has 1 atom stereocenters. The Balaban J connectivity index is 2.82. The fourth-order valence-corrected chi connectivity index (χ4v) is 1.07. The van der Waals surface area contributed by atoms with E-state index in [1.807, 2.05) is 0 Å². The van der Waals surface area contributed by atoms with Crippen LogP contribution in [0.5, 0.6) is 0 Å². The summed E-state index contributed by atoms with van der Waals surface area (Å²) in [5.41, 5.74) is 5.99. The molecule has 0 aliphatic heterocycles. The Kier molecular flexibility index (Phi) is 3.28. The molecule has 0 aromatic heterocycles. The van der Waals surface area contributed by atoms with Gasteiger partial charge in [-0.1, -0.05) is 6.07 Å². The third kappa shape index (κ3) is 2.98. The zero-order valence-electron chi connectivity index (χ0n) is 8.23. The van der Waals surface area contributed by atoms with Crippen LogP contribution >= 0.6 is 0 Å². The number of carboxylic acid groups (broad SMARTS) is 1. The minimum absolute atomic E-state index is 0.345. The van der Waals surface area contributed by atoms with E-state index in [4.69, 9.17) is 10.8 Å². The number of aliphatic carboxylic acids is 1. The topological polar surface area (TPSA) is 92.4 Å². The second kappa shape index (κ2) is 4.45. The zero-order valence-corrected chi connectivity index (χ0v) is 8.23. The van der Waals surface area contributed by atoms with Gasteiger partial charge in [-0.3, -0.25) is 9.59 Å². The van der Waals surface area contributed by atoms with Gasteiger partial charge in [0, 0.05) is 11.3 Å². The number of primary amides is 1. The van der Waals surface area contributed by atoms with Crippen molar-refractivity contribution in [2.75, 3.05) is 5.32 Å². The van der Waals surface area contributed by atoms with Crippen LogP contribution in [0.15, 0.2) is 24.3 Å². The SMILES string of the molecule is CC(Nc1cccc(C(N)=O)c1)C(=O)O. The highest BCUT2D eigenvalue weighted by molar-refractivity contribution is 5.93. The number of hydrogen-bond acceptors (Lipinski definition) is 3. The number of anilines is 1. The van der Waals surface area contributed by atoms with E-state index < -0.39 is 17.9 Å². The molecule has 0 saturated heterocycles. The van der Waals surface area contributed by atoms with Crippen molar-refractivity contribution >= 4 is 17.6 Å². The van der Waals surface area contributed by atoms with Crippen molar-refractivity contribution in [2.24, 2.45) is 5.73 Å². The predicted octanol–water partition coefficient (Wildman–Crippen LogP) is 0.670. The van der Waals surface area contributed by atoms with Crippen LogP contribution in [0.25, 0.3) is 0 Å². The molecule has 1 unspecified atom stereocenters. The van der Waals surface area contributed by atoms with Crippen LogP contribution in [-0.2, 0) is 4.79 Å². The molecule has 5 nitrogen and oxygen atoms in total. The van der Waals surface area contributed by atoms with Crippen LogP contribution in [0, 0.1) is 0 Å². The maximum absolute atomic E-state index is 10.9. The van der Waals surface area contributed by atoms with E-state index in [1.54, 1.807) is 18.2 Å². The molecule has 1 amide bonds. The molecule has 0 spiro atoms. The Labute approximate surface area is 86.9 Å². The van der Waals surface area contributed by atoms with Gasteiger partial charge in [-0.05, 0) is 25.1 Å². The van der Waals surface area contributed by atoms with E-state index in [1.165, 1.54) is 13.0 Å². The predicted molar refractivity (Wildman–Crippen MR) is 55.7 cm³/mol. The van der Waals surface area contributed by atoms with Gasteiger partial charge < -0.3 is 16.2 Å². The number of benzene rings is 1. The molecule has 0 bridgehead atoms. The summed E-state index contributed by atoms with van der Waals surface area (Å²) in [4.78, 5) is 21.4. The van der Waals surface area contributed by atoms with E-state index in [9.17, 15) is 9.59 Å². The van der Waals surface area contributed by atoms with E-state index in [2.05, 4.69) is 5.32 Å². The van der Waals surface area contributed by atoms with Crippen LogP contribution in [0.2, 0.25) is 0 Å². The Bertz CT molecular complexity index is 390. The summed E-state index contributed by atoms with van der Waals surface area (Å²) in [6, 6.07) is 5.68. The molecule has 0 fully saturated rings. The highest BCUT2D eigenvalue weighted by Crippen LogP contribution is 2.11. The Morgan fingerprint density at radius 1 is 1.47 bits per heavy atom. The third-order valence-corrected chi connectivity index (χ3v) is 1.90. The zero-order chi connectivity index (χ0) is 11.4. The van der Waals surface area contributed by atoms with Gasteiger partial charge in [0.15, 0.2) is 0 Å². The number of nitrogens with one attached hydrogen (secondary N) is 1. The molecule has 5 heteroatoms. The molecule has 80 valence electrons. The molecule has 0 saturated carbocycles. The van der Waals surface area contributed by atoms with Gasteiger partial charge in [-0.25, -0.2) is 0 Å². The lowest BCUT2D eigenvalue weighted by Crippen LogP contribution is -2.25. The normalized spacial score (nSPS) is 11.8. The van der Waals surface area contributed by atoms with E-state index in [-0.39, 0.29) is 0 Å². The molecule has 0 aliphatic carbocycles. The number of hydrogen-bond donors (Lipinski definition) is 3. The van der Waals surface area contributed by atoms with Gasteiger partial charge >= 0.3 is 5.97 Å². The first-order chi connectivity index (χ1) is 7.00. The molecule has 4 N–H and O–H groups in total. The average Bonchev–Trinajstić information content (AvgIpc) is 2.18. The number of amides is 1.